The van der Waals surface area contributed by atoms with Crippen LogP contribution in [0.2, 0.25) is 0 Å². The van der Waals surface area contributed by atoms with Gasteiger partial charge in [-0.25, -0.2) is 0 Å². The van der Waals surface area contributed by atoms with Gasteiger partial charge in [-0.2, -0.15) is 0 Å². The van der Waals surface area contributed by atoms with E-state index in [1.165, 1.54) is 11.4 Å². The van der Waals surface area contributed by atoms with E-state index in [0.29, 0.717) is 5.25 Å². The number of rotatable bonds is 3. The fourth-order valence-corrected chi connectivity index (χ4v) is 4.79. The number of hydrogen-bond acceptors (Lipinski definition) is 2. The molecule has 0 aliphatic carbocycles. The molecule has 0 saturated carbocycles. The van der Waals surface area contributed by atoms with Gasteiger partial charge in [0.1, 0.15) is 0 Å². The molecule has 0 radical (unpaired) electrons. The molecule has 0 aliphatic heterocycles. The molecule has 2 unspecified atom stereocenters. The van der Waals surface area contributed by atoms with Gasteiger partial charge in [-0.05, 0) is 17.7 Å². The molecule has 0 aliphatic rings. The summed E-state index contributed by atoms with van der Waals surface area (Å²) in [5, 5.41) is 0.415. The van der Waals surface area contributed by atoms with E-state index in [2.05, 4.69) is 6.92 Å². The first kappa shape index (κ1) is 9.87. The van der Waals surface area contributed by atoms with Crippen LogP contribution in [-0.4, -0.2) is 11.9 Å². The van der Waals surface area contributed by atoms with Crippen LogP contribution in [0, 0.1) is 0 Å². The van der Waals surface area contributed by atoms with Crippen molar-refractivity contribution in [2.45, 2.75) is 25.5 Å². The Morgan fingerprint density at radius 3 is 2.33 bits per heavy atom. The largest absolute Gasteiger partial charge is 0.295 e. The Morgan fingerprint density at radius 1 is 1.78 bits per heavy atom. The summed E-state index contributed by atoms with van der Waals surface area (Å²) in [6.45, 7) is 5.68. The molecule has 0 saturated heterocycles. The lowest BCUT2D eigenvalue weighted by atomic mass is 10.4. The molecule has 0 aromatic rings. The van der Waals surface area contributed by atoms with Crippen LogP contribution in [0.3, 0.4) is 0 Å². The minimum atomic E-state index is -2.35. The highest BCUT2D eigenvalue weighted by Crippen LogP contribution is 2.61. The molecular weight excluding hydrogens is 175 g/mol. The molecule has 56 valence electrons. The van der Waals surface area contributed by atoms with Gasteiger partial charge in [-0.1, -0.05) is 25.2 Å². The van der Waals surface area contributed by atoms with Gasteiger partial charge in [0.15, 0.2) is 0 Å². The lowest BCUT2D eigenvalue weighted by Gasteiger charge is -2.08. The Balaban J connectivity index is 3.60. The van der Waals surface area contributed by atoms with Crippen LogP contribution in [0.4, 0.5) is 0 Å². The van der Waals surface area contributed by atoms with Crippen molar-refractivity contribution in [3.8, 4) is 0 Å². The Morgan fingerprint density at radius 2 is 2.22 bits per heavy atom. The fraction of sp³-hybridized carbons (Fsp3) is 1.00. The number of hydrogen-bond donors (Lipinski definition) is 0. The SMILES string of the molecule is CCC(C)SP(C)(=O)Cl. The summed E-state index contributed by atoms with van der Waals surface area (Å²) < 4.78 is 10.9. The summed E-state index contributed by atoms with van der Waals surface area (Å²) in [6, 6.07) is 0. The van der Waals surface area contributed by atoms with E-state index in [1.807, 2.05) is 6.92 Å². The third kappa shape index (κ3) is 6.76. The van der Waals surface area contributed by atoms with Crippen molar-refractivity contribution in [1.82, 2.24) is 0 Å². The van der Waals surface area contributed by atoms with Crippen molar-refractivity contribution < 1.29 is 4.57 Å². The van der Waals surface area contributed by atoms with Gasteiger partial charge >= 0.3 is 0 Å². The average Bonchev–Trinajstić information content (AvgIpc) is 1.62. The molecule has 4 heteroatoms. The molecular formula is C5H12ClOPS. The first-order valence-corrected chi connectivity index (χ1v) is 7.45. The summed E-state index contributed by atoms with van der Waals surface area (Å²) in [7, 11) is 0. The standard InChI is InChI=1S/C5H12ClOPS/c1-4-5(2)9-8(3,6)7/h5H,4H2,1-3H3. The quantitative estimate of drug-likeness (QED) is 0.627. The van der Waals surface area contributed by atoms with Crippen molar-refractivity contribution in [3.63, 3.8) is 0 Å². The summed E-state index contributed by atoms with van der Waals surface area (Å²) in [5.41, 5.74) is -2.35. The van der Waals surface area contributed by atoms with Gasteiger partial charge in [0.2, 0.25) is 5.70 Å². The number of halogens is 1. The van der Waals surface area contributed by atoms with Crippen LogP contribution in [0.25, 0.3) is 0 Å². The van der Waals surface area contributed by atoms with Gasteiger partial charge in [-0.15, -0.1) is 0 Å². The molecule has 0 heterocycles. The van der Waals surface area contributed by atoms with Gasteiger partial charge in [0.25, 0.3) is 0 Å². The first-order valence-electron chi connectivity index (χ1n) is 2.91. The maximum Gasteiger partial charge on any atom is 0.219 e. The highest BCUT2D eigenvalue weighted by molar-refractivity contribution is 8.65. The van der Waals surface area contributed by atoms with Crippen molar-refractivity contribution in [3.05, 3.63) is 0 Å². The van der Waals surface area contributed by atoms with Crippen LogP contribution in [0.1, 0.15) is 20.3 Å². The first-order chi connectivity index (χ1) is 3.95. The smallest absolute Gasteiger partial charge is 0.219 e. The maximum atomic E-state index is 10.9. The van der Waals surface area contributed by atoms with E-state index in [4.69, 9.17) is 11.2 Å². The normalized spacial score (nSPS) is 20.9. The highest BCUT2D eigenvalue weighted by Gasteiger charge is 2.14. The van der Waals surface area contributed by atoms with Crippen LogP contribution in [0.5, 0.6) is 0 Å². The molecule has 0 rings (SSSR count). The predicted molar refractivity (Wildman–Crippen MR) is 46.7 cm³/mol. The molecule has 0 aromatic heterocycles. The minimum absolute atomic E-state index is 0.415. The van der Waals surface area contributed by atoms with Crippen molar-refractivity contribution >= 4 is 28.3 Å². The van der Waals surface area contributed by atoms with Gasteiger partial charge < -0.3 is 0 Å². The van der Waals surface area contributed by atoms with Gasteiger partial charge in [-0.3, -0.25) is 4.57 Å². The second-order valence-electron chi connectivity index (χ2n) is 2.07. The van der Waals surface area contributed by atoms with E-state index in [1.54, 1.807) is 6.66 Å². The van der Waals surface area contributed by atoms with Gasteiger partial charge in [0, 0.05) is 11.9 Å². The molecule has 0 aromatic carbocycles. The lowest BCUT2D eigenvalue weighted by molar-refractivity contribution is 0.596. The van der Waals surface area contributed by atoms with E-state index in [0.717, 1.165) is 6.42 Å². The molecule has 1 nitrogen and oxygen atoms in total. The zero-order chi connectivity index (χ0) is 7.49. The molecule has 0 spiro atoms. The maximum absolute atomic E-state index is 10.9. The molecule has 9 heavy (non-hydrogen) atoms. The van der Waals surface area contributed by atoms with Crippen LogP contribution in [0.15, 0.2) is 0 Å². The third-order valence-corrected chi connectivity index (χ3v) is 4.94. The fourth-order valence-electron chi connectivity index (χ4n) is 0.396. The van der Waals surface area contributed by atoms with Gasteiger partial charge in [0.05, 0.1) is 0 Å². The molecule has 2 atom stereocenters. The van der Waals surface area contributed by atoms with E-state index in [9.17, 15) is 4.57 Å². The summed E-state index contributed by atoms with van der Waals surface area (Å²) in [5.74, 6) is 0. The van der Waals surface area contributed by atoms with E-state index in [-0.39, 0.29) is 0 Å². The van der Waals surface area contributed by atoms with Crippen molar-refractivity contribution in [2.24, 2.45) is 0 Å². The topological polar surface area (TPSA) is 17.1 Å². The summed E-state index contributed by atoms with van der Waals surface area (Å²) in [6.07, 6.45) is 1.02. The third-order valence-electron chi connectivity index (χ3n) is 0.943. The Hall–Kier alpha value is 0.870. The second-order valence-corrected chi connectivity index (χ2v) is 9.84. The zero-order valence-corrected chi connectivity index (χ0v) is 8.39. The van der Waals surface area contributed by atoms with Crippen LogP contribution >= 0.6 is 28.3 Å². The summed E-state index contributed by atoms with van der Waals surface area (Å²) in [4.78, 5) is 0. The Labute approximate surface area is 65.5 Å². The highest BCUT2D eigenvalue weighted by atomic mass is 35.7. The Kier molecular flexibility index (Phi) is 4.28. The second kappa shape index (κ2) is 3.90. The van der Waals surface area contributed by atoms with E-state index >= 15 is 0 Å². The van der Waals surface area contributed by atoms with E-state index < -0.39 is 5.70 Å². The monoisotopic (exact) mass is 186 g/mol. The van der Waals surface area contributed by atoms with Crippen LogP contribution < -0.4 is 0 Å². The summed E-state index contributed by atoms with van der Waals surface area (Å²) >= 11 is 6.90. The Bertz CT molecular complexity index is 122. The van der Waals surface area contributed by atoms with Crippen molar-refractivity contribution in [1.29, 1.82) is 0 Å². The van der Waals surface area contributed by atoms with Crippen molar-refractivity contribution in [2.75, 3.05) is 6.66 Å². The predicted octanol–water partition coefficient (Wildman–Crippen LogP) is 3.58. The molecule has 0 N–H and O–H groups in total. The molecule has 0 amide bonds. The average molecular weight is 187 g/mol. The molecule has 0 bridgehead atoms. The minimum Gasteiger partial charge on any atom is -0.295 e. The molecule has 0 fully saturated rings. The zero-order valence-electron chi connectivity index (χ0n) is 5.93. The lowest BCUT2D eigenvalue weighted by Crippen LogP contribution is -1.88. The van der Waals surface area contributed by atoms with Crippen LogP contribution in [-0.2, 0) is 4.57 Å².